The summed E-state index contributed by atoms with van der Waals surface area (Å²) in [6, 6.07) is 20.5. The van der Waals surface area contributed by atoms with Crippen molar-refractivity contribution >= 4 is 28.6 Å². The summed E-state index contributed by atoms with van der Waals surface area (Å²) in [4.78, 5) is 6.74. The molecule has 0 radical (unpaired) electrons. The first-order valence-corrected chi connectivity index (χ1v) is 12.3. The maximum atomic E-state index is 13.4. The van der Waals surface area contributed by atoms with Crippen LogP contribution in [0.1, 0.15) is 48.0 Å². The lowest BCUT2D eigenvalue weighted by atomic mass is 9.92. The quantitative estimate of drug-likeness (QED) is 0.301. The maximum absolute atomic E-state index is 13.4. The highest BCUT2D eigenvalue weighted by molar-refractivity contribution is 7.80. The molecule has 0 fully saturated rings. The van der Waals surface area contributed by atoms with Crippen molar-refractivity contribution in [2.45, 2.75) is 40.2 Å². The third kappa shape index (κ3) is 4.42. The van der Waals surface area contributed by atoms with Crippen LogP contribution in [0.2, 0.25) is 0 Å². The van der Waals surface area contributed by atoms with E-state index >= 15 is 0 Å². The van der Waals surface area contributed by atoms with Gasteiger partial charge in [0.25, 0.3) is 5.89 Å². The average molecular weight is 499 g/mol. The second-order valence-corrected chi connectivity index (χ2v) is 9.40. The molecule has 0 spiro atoms. The third-order valence-corrected chi connectivity index (χ3v) is 6.99. The molecule has 0 saturated heterocycles. The highest BCUT2D eigenvalue weighted by Crippen LogP contribution is 2.39. The van der Waals surface area contributed by atoms with Crippen molar-refractivity contribution in [1.29, 1.82) is 0 Å². The van der Waals surface area contributed by atoms with Crippen molar-refractivity contribution in [3.05, 3.63) is 106 Å². The summed E-state index contributed by atoms with van der Waals surface area (Å²) in [6.07, 6.45) is 0.924. The Hall–Kier alpha value is -3.84. The van der Waals surface area contributed by atoms with Crippen LogP contribution in [0, 0.1) is 19.7 Å². The summed E-state index contributed by atoms with van der Waals surface area (Å²) in [5.74, 6) is 0.476. The molecule has 182 valence electrons. The molecule has 5 rings (SSSR count). The number of aryl methyl sites for hydroxylation is 3. The van der Waals surface area contributed by atoms with Crippen molar-refractivity contribution in [3.63, 3.8) is 0 Å². The lowest BCUT2D eigenvalue weighted by Crippen LogP contribution is -2.46. The van der Waals surface area contributed by atoms with Gasteiger partial charge in [-0.1, -0.05) is 42.4 Å². The van der Waals surface area contributed by atoms with Crippen LogP contribution in [0.4, 0.5) is 10.1 Å². The van der Waals surface area contributed by atoms with Crippen LogP contribution in [0.25, 0.3) is 17.0 Å². The molecule has 7 heteroatoms. The smallest absolute Gasteiger partial charge is 0.258 e. The molecular formula is C29H27FN4OS. The second-order valence-electron chi connectivity index (χ2n) is 9.01. The van der Waals surface area contributed by atoms with Gasteiger partial charge >= 0.3 is 0 Å². The van der Waals surface area contributed by atoms with Crippen molar-refractivity contribution in [2.24, 2.45) is 0 Å². The molecule has 0 saturated carbocycles. The number of aromatic nitrogens is 2. The number of hydrogen-bond donors (Lipinski definition) is 1. The molecule has 1 N–H and O–H groups in total. The van der Waals surface area contributed by atoms with Gasteiger partial charge in [-0.15, -0.1) is 0 Å². The SMILES string of the molecule is CCc1cccc(N2C(=S)NC(c3ccc(C)c(C)c3)C(c3nc(-c4ccc(F)cc4)no3)=C2C)c1. The Morgan fingerprint density at radius 1 is 1.00 bits per heavy atom. The van der Waals surface area contributed by atoms with Crippen LogP contribution in [0.5, 0.6) is 0 Å². The standard InChI is InChI=1S/C29H27FN4OS/c1-5-20-7-6-8-24(16-20)34-19(4)25(26(31-29(34)36)22-10-9-17(2)18(3)15-22)28-32-27(33-35-28)21-11-13-23(30)14-12-21/h6-16,26H,5H2,1-4H3,(H,31,36). The fourth-order valence-corrected chi connectivity index (χ4v) is 4.85. The van der Waals surface area contributed by atoms with Gasteiger partial charge in [-0.3, -0.25) is 4.90 Å². The summed E-state index contributed by atoms with van der Waals surface area (Å²) >= 11 is 5.88. The molecule has 0 amide bonds. The van der Waals surface area contributed by atoms with Crippen LogP contribution < -0.4 is 10.2 Å². The van der Waals surface area contributed by atoms with E-state index in [-0.39, 0.29) is 11.9 Å². The molecule has 5 nitrogen and oxygen atoms in total. The van der Waals surface area contributed by atoms with Gasteiger partial charge in [0.05, 0.1) is 11.6 Å². The molecule has 1 aliphatic heterocycles. The molecule has 36 heavy (non-hydrogen) atoms. The van der Waals surface area contributed by atoms with Gasteiger partial charge in [0.1, 0.15) is 5.82 Å². The zero-order valence-electron chi connectivity index (χ0n) is 20.7. The predicted octanol–water partition coefficient (Wildman–Crippen LogP) is 6.92. The monoisotopic (exact) mass is 498 g/mol. The van der Waals surface area contributed by atoms with Crippen LogP contribution in [0.15, 0.2) is 77.0 Å². The Morgan fingerprint density at radius 2 is 1.78 bits per heavy atom. The number of hydrogen-bond acceptors (Lipinski definition) is 4. The van der Waals surface area contributed by atoms with Crippen molar-refractivity contribution in [3.8, 4) is 11.4 Å². The lowest BCUT2D eigenvalue weighted by Gasteiger charge is -2.37. The minimum absolute atomic E-state index is 0.274. The Balaban J connectivity index is 1.66. The summed E-state index contributed by atoms with van der Waals surface area (Å²) < 4.78 is 19.3. The predicted molar refractivity (Wildman–Crippen MR) is 145 cm³/mol. The molecule has 0 bridgehead atoms. The van der Waals surface area contributed by atoms with Crippen molar-refractivity contribution in [2.75, 3.05) is 4.90 Å². The molecule has 1 atom stereocenters. The van der Waals surface area contributed by atoms with Gasteiger partial charge in [0, 0.05) is 16.9 Å². The van der Waals surface area contributed by atoms with Crippen LogP contribution in [-0.2, 0) is 6.42 Å². The van der Waals surface area contributed by atoms with Gasteiger partial charge in [-0.25, -0.2) is 4.39 Å². The topological polar surface area (TPSA) is 54.2 Å². The second kappa shape index (κ2) is 9.66. The third-order valence-electron chi connectivity index (χ3n) is 6.68. The summed E-state index contributed by atoms with van der Waals surface area (Å²) in [5, 5.41) is 8.33. The molecule has 4 aromatic rings. The number of allylic oxidation sites excluding steroid dienone is 1. The fraction of sp³-hybridized carbons (Fsp3) is 0.207. The van der Waals surface area contributed by atoms with Gasteiger partial charge in [0.15, 0.2) is 5.11 Å². The number of rotatable bonds is 5. The number of thiocarbonyl (C=S) groups is 1. The largest absolute Gasteiger partial charge is 0.351 e. The Kier molecular flexibility index (Phi) is 6.41. The first-order valence-electron chi connectivity index (χ1n) is 11.9. The van der Waals surface area contributed by atoms with Crippen molar-refractivity contribution < 1.29 is 8.91 Å². The first-order chi connectivity index (χ1) is 17.4. The van der Waals surface area contributed by atoms with E-state index in [4.69, 9.17) is 21.7 Å². The molecule has 2 heterocycles. The molecular weight excluding hydrogens is 471 g/mol. The van der Waals surface area contributed by atoms with E-state index < -0.39 is 0 Å². The molecule has 1 unspecified atom stereocenters. The number of nitrogens with zero attached hydrogens (tertiary/aromatic N) is 3. The average Bonchev–Trinajstić information content (AvgIpc) is 3.35. The van der Waals surface area contributed by atoms with Gasteiger partial charge in [0.2, 0.25) is 5.82 Å². The van der Waals surface area contributed by atoms with E-state index in [2.05, 4.69) is 61.6 Å². The normalized spacial score (nSPS) is 15.9. The molecule has 1 aromatic heterocycles. The van der Waals surface area contributed by atoms with Gasteiger partial charge < -0.3 is 9.84 Å². The number of nitrogens with one attached hydrogen (secondary N) is 1. The summed E-state index contributed by atoms with van der Waals surface area (Å²) in [5.41, 5.74) is 8.08. The van der Waals surface area contributed by atoms with Crippen LogP contribution >= 0.6 is 12.2 Å². The van der Waals surface area contributed by atoms with E-state index in [1.807, 2.05) is 24.0 Å². The Morgan fingerprint density at radius 3 is 2.50 bits per heavy atom. The zero-order valence-corrected chi connectivity index (χ0v) is 21.5. The van der Waals surface area contributed by atoms with E-state index in [9.17, 15) is 4.39 Å². The zero-order chi connectivity index (χ0) is 25.4. The van der Waals surface area contributed by atoms with E-state index in [1.54, 1.807) is 12.1 Å². The number of anilines is 1. The highest BCUT2D eigenvalue weighted by Gasteiger charge is 2.35. The highest BCUT2D eigenvalue weighted by atomic mass is 32.1. The van der Waals surface area contributed by atoms with Crippen LogP contribution in [0.3, 0.4) is 0 Å². The number of halogens is 1. The Labute approximate surface area is 215 Å². The lowest BCUT2D eigenvalue weighted by molar-refractivity contribution is 0.404. The van der Waals surface area contributed by atoms with Crippen LogP contribution in [-0.4, -0.2) is 15.3 Å². The molecule has 0 aliphatic carbocycles. The maximum Gasteiger partial charge on any atom is 0.258 e. The van der Waals surface area contributed by atoms with E-state index in [1.165, 1.54) is 28.8 Å². The van der Waals surface area contributed by atoms with E-state index in [0.29, 0.717) is 22.4 Å². The fourth-order valence-electron chi connectivity index (χ4n) is 4.49. The summed E-state index contributed by atoms with van der Waals surface area (Å²) in [6.45, 7) is 8.34. The number of benzene rings is 3. The Bertz CT molecular complexity index is 1470. The van der Waals surface area contributed by atoms with Gasteiger partial charge in [-0.2, -0.15) is 4.98 Å². The molecule has 3 aromatic carbocycles. The van der Waals surface area contributed by atoms with Crippen molar-refractivity contribution in [1.82, 2.24) is 15.5 Å². The van der Waals surface area contributed by atoms with E-state index in [0.717, 1.165) is 28.9 Å². The molecule has 1 aliphatic rings. The van der Waals surface area contributed by atoms with Gasteiger partial charge in [-0.05, 0) is 98.1 Å². The first kappa shape index (κ1) is 23.9. The minimum atomic E-state index is -0.314. The summed E-state index contributed by atoms with van der Waals surface area (Å²) in [7, 11) is 0. The minimum Gasteiger partial charge on any atom is -0.351 e.